The van der Waals surface area contributed by atoms with Crippen LogP contribution in [0, 0.1) is 0 Å². The minimum atomic E-state index is 0. The summed E-state index contributed by atoms with van der Waals surface area (Å²) < 4.78 is 0. The third kappa shape index (κ3) is 10.7. The molecule has 0 N–H and O–H groups in total. The van der Waals surface area contributed by atoms with Crippen molar-refractivity contribution in [3.63, 3.8) is 0 Å². The normalized spacial score (nSPS) is 22.6. The van der Waals surface area contributed by atoms with Crippen molar-refractivity contribution in [2.24, 2.45) is 0 Å². The quantitative estimate of drug-likeness (QED) is 0.567. The molecule has 0 heterocycles. The van der Waals surface area contributed by atoms with E-state index in [1.165, 1.54) is 0 Å². The third-order valence-electron chi connectivity index (χ3n) is 1.78. The Morgan fingerprint density at radius 3 is 0.294 bits per heavy atom. The summed E-state index contributed by atoms with van der Waals surface area (Å²) in [5.41, 5.74) is 0. The molecule has 0 unspecified atom stereocenters. The summed E-state index contributed by atoms with van der Waals surface area (Å²) in [7, 11) is 0. The Balaban J connectivity index is 0.000000284. The van der Waals surface area contributed by atoms with Crippen LogP contribution >= 0.6 is 0 Å². The van der Waals surface area contributed by atoms with E-state index in [9.17, 15) is 0 Å². The van der Waals surface area contributed by atoms with E-state index in [0.29, 0.717) is 0 Å². The summed E-state index contributed by atoms with van der Waals surface area (Å²) in [6.07, 6.45) is 32.0. The van der Waals surface area contributed by atoms with Crippen molar-refractivity contribution in [2.45, 2.75) is 0 Å². The SMILES string of the molecule is C1=C/C=C\C=C/C=C1.C1=C/C=C\C=C/C=C1.[Fe]. The Bertz CT molecular complexity index is 247. The fourth-order valence-electron chi connectivity index (χ4n) is 1.03. The second-order valence-electron chi connectivity index (χ2n) is 3.08. The molecule has 0 bridgehead atoms. The van der Waals surface area contributed by atoms with Crippen molar-refractivity contribution in [2.75, 3.05) is 0 Å². The molecule has 0 aromatic rings. The van der Waals surface area contributed by atoms with Crippen molar-refractivity contribution < 1.29 is 17.1 Å². The van der Waals surface area contributed by atoms with Gasteiger partial charge in [0.1, 0.15) is 0 Å². The van der Waals surface area contributed by atoms with Gasteiger partial charge in [0.25, 0.3) is 0 Å². The summed E-state index contributed by atoms with van der Waals surface area (Å²) in [6.45, 7) is 0. The van der Waals surface area contributed by atoms with E-state index in [4.69, 9.17) is 0 Å². The fraction of sp³-hybridized carbons (Fsp3) is 0. The van der Waals surface area contributed by atoms with Gasteiger partial charge < -0.3 is 0 Å². The minimum Gasteiger partial charge on any atom is -0.0623 e. The Kier molecular flexibility index (Phi) is 11.4. The van der Waals surface area contributed by atoms with Crippen molar-refractivity contribution in [1.29, 1.82) is 0 Å². The smallest absolute Gasteiger partial charge is 0 e. The first-order valence-electron chi connectivity index (χ1n) is 5.33. The molecule has 0 nitrogen and oxygen atoms in total. The molecule has 0 fully saturated rings. The molecule has 2 rings (SSSR count). The molecule has 17 heavy (non-hydrogen) atoms. The second kappa shape index (κ2) is 12.5. The first-order valence-corrected chi connectivity index (χ1v) is 5.33. The standard InChI is InChI=1S/2C8H8.Fe/c2*1-2-4-6-8-7-5-3-1;/h2*1-8H;/b2*2-1-,3-1?,4-2?,5-3-,6-4?,7-5?,8-6?,8-7?;. The van der Waals surface area contributed by atoms with Gasteiger partial charge in [-0.1, -0.05) is 97.2 Å². The van der Waals surface area contributed by atoms with Crippen molar-refractivity contribution in [3.8, 4) is 0 Å². The predicted molar refractivity (Wildman–Crippen MR) is 73.1 cm³/mol. The predicted octanol–water partition coefficient (Wildman–Crippen LogP) is 4.45. The summed E-state index contributed by atoms with van der Waals surface area (Å²) >= 11 is 0. The van der Waals surface area contributed by atoms with Crippen LogP contribution in [-0.4, -0.2) is 0 Å². The van der Waals surface area contributed by atoms with Crippen LogP contribution in [0.4, 0.5) is 0 Å². The first-order chi connectivity index (χ1) is 8.00. The van der Waals surface area contributed by atoms with Crippen molar-refractivity contribution >= 4 is 0 Å². The van der Waals surface area contributed by atoms with Gasteiger partial charge in [-0.05, 0) is 0 Å². The Morgan fingerprint density at radius 1 is 0.176 bits per heavy atom. The van der Waals surface area contributed by atoms with Crippen LogP contribution in [0.25, 0.3) is 0 Å². The third-order valence-corrected chi connectivity index (χ3v) is 1.78. The molecule has 0 aliphatic heterocycles. The number of allylic oxidation sites excluding steroid dienone is 16. The Labute approximate surface area is 114 Å². The molecule has 2 aliphatic carbocycles. The van der Waals surface area contributed by atoms with Crippen LogP contribution in [0.2, 0.25) is 0 Å². The topological polar surface area (TPSA) is 0 Å². The van der Waals surface area contributed by atoms with Crippen LogP contribution in [0.15, 0.2) is 97.2 Å². The summed E-state index contributed by atoms with van der Waals surface area (Å²) in [6, 6.07) is 0. The number of hydrogen-bond donors (Lipinski definition) is 0. The van der Waals surface area contributed by atoms with Gasteiger partial charge in [-0.25, -0.2) is 0 Å². The Morgan fingerprint density at radius 2 is 0.235 bits per heavy atom. The molecule has 0 amide bonds. The van der Waals surface area contributed by atoms with Crippen molar-refractivity contribution in [1.82, 2.24) is 0 Å². The van der Waals surface area contributed by atoms with Crippen LogP contribution < -0.4 is 0 Å². The molecular weight excluding hydrogens is 248 g/mol. The maximum absolute atomic E-state index is 2.00. The average Bonchev–Trinajstić information content (AvgIpc) is 2.15. The van der Waals surface area contributed by atoms with Gasteiger partial charge in [-0.3, -0.25) is 0 Å². The largest absolute Gasteiger partial charge is 0.0623 e. The summed E-state index contributed by atoms with van der Waals surface area (Å²) in [4.78, 5) is 0. The molecule has 0 aromatic heterocycles. The Hall–Kier alpha value is -1.56. The van der Waals surface area contributed by atoms with Gasteiger partial charge in [-0.2, -0.15) is 0 Å². The summed E-state index contributed by atoms with van der Waals surface area (Å²) in [5.74, 6) is 0. The van der Waals surface area contributed by atoms with Crippen molar-refractivity contribution in [3.05, 3.63) is 97.2 Å². The zero-order valence-electron chi connectivity index (χ0n) is 9.59. The van der Waals surface area contributed by atoms with E-state index in [2.05, 4.69) is 0 Å². The average molecular weight is 264 g/mol. The second-order valence-corrected chi connectivity index (χ2v) is 3.08. The first kappa shape index (κ1) is 15.4. The molecule has 0 spiro atoms. The van der Waals surface area contributed by atoms with Crippen LogP contribution in [0.1, 0.15) is 0 Å². The molecule has 2 aliphatic rings. The van der Waals surface area contributed by atoms with Gasteiger partial charge >= 0.3 is 0 Å². The van der Waals surface area contributed by atoms with Gasteiger partial charge in [0.05, 0.1) is 0 Å². The fourth-order valence-corrected chi connectivity index (χ4v) is 1.03. The summed E-state index contributed by atoms with van der Waals surface area (Å²) in [5, 5.41) is 0. The maximum atomic E-state index is 2.00. The van der Waals surface area contributed by atoms with Gasteiger partial charge in [0.2, 0.25) is 0 Å². The van der Waals surface area contributed by atoms with E-state index < -0.39 is 0 Å². The van der Waals surface area contributed by atoms with Gasteiger partial charge in [0, 0.05) is 17.1 Å². The zero-order chi connectivity index (χ0) is 11.3. The molecule has 88 valence electrons. The minimum absolute atomic E-state index is 0. The van der Waals surface area contributed by atoms with E-state index in [1.807, 2.05) is 97.2 Å². The molecule has 0 atom stereocenters. The van der Waals surface area contributed by atoms with E-state index >= 15 is 0 Å². The van der Waals surface area contributed by atoms with E-state index in [0.717, 1.165) is 0 Å². The monoisotopic (exact) mass is 264 g/mol. The van der Waals surface area contributed by atoms with Gasteiger partial charge in [0.15, 0.2) is 0 Å². The molecule has 0 aromatic carbocycles. The molecule has 0 radical (unpaired) electrons. The molecule has 0 saturated heterocycles. The number of hydrogen-bond acceptors (Lipinski definition) is 0. The van der Waals surface area contributed by atoms with Crippen LogP contribution in [-0.2, 0) is 17.1 Å². The molecular formula is C16H16Fe. The van der Waals surface area contributed by atoms with Crippen LogP contribution in [0.5, 0.6) is 0 Å². The van der Waals surface area contributed by atoms with E-state index in [1.54, 1.807) is 0 Å². The molecule has 1 heteroatoms. The maximum Gasteiger partial charge on any atom is 0 e. The molecule has 0 saturated carbocycles. The number of rotatable bonds is 0. The van der Waals surface area contributed by atoms with E-state index in [-0.39, 0.29) is 17.1 Å². The van der Waals surface area contributed by atoms with Gasteiger partial charge in [-0.15, -0.1) is 0 Å². The van der Waals surface area contributed by atoms with Crippen LogP contribution in [0.3, 0.4) is 0 Å². The zero-order valence-corrected chi connectivity index (χ0v) is 10.7.